The van der Waals surface area contributed by atoms with Gasteiger partial charge in [-0.25, -0.2) is 0 Å². The Hall–Kier alpha value is -1.83. The van der Waals surface area contributed by atoms with Gasteiger partial charge in [0, 0.05) is 24.2 Å². The predicted molar refractivity (Wildman–Crippen MR) is 98.6 cm³/mol. The standard InChI is InChI=1S/C19H30N2O5/c1-12(2)7-14(11-20-17-5-6-26-19(17)23)21-18(22)13-8-15(24-3)10-16(9-13)25-4/h8-10,12,14,17,19-20,23H,5-7,11H2,1-4H3,(H,21,22)/t14-,17+,19?/m1/s1. The van der Waals surface area contributed by atoms with E-state index >= 15 is 0 Å². The molecular weight excluding hydrogens is 336 g/mol. The minimum Gasteiger partial charge on any atom is -0.497 e. The zero-order valence-electron chi connectivity index (χ0n) is 16.0. The van der Waals surface area contributed by atoms with E-state index in [0.29, 0.717) is 36.1 Å². The largest absolute Gasteiger partial charge is 0.497 e. The fraction of sp³-hybridized carbons (Fsp3) is 0.632. The summed E-state index contributed by atoms with van der Waals surface area (Å²) in [6.45, 7) is 5.34. The van der Waals surface area contributed by atoms with Crippen LogP contribution in [0.1, 0.15) is 37.0 Å². The van der Waals surface area contributed by atoms with Crippen molar-refractivity contribution in [2.75, 3.05) is 27.4 Å². The Morgan fingerprint density at radius 2 is 1.92 bits per heavy atom. The Balaban J connectivity index is 2.03. The highest BCUT2D eigenvalue weighted by atomic mass is 16.6. The van der Waals surface area contributed by atoms with Gasteiger partial charge >= 0.3 is 0 Å². The van der Waals surface area contributed by atoms with Crippen LogP contribution >= 0.6 is 0 Å². The minimum atomic E-state index is -0.784. The highest BCUT2D eigenvalue weighted by molar-refractivity contribution is 5.95. The van der Waals surface area contributed by atoms with Gasteiger partial charge in [0.25, 0.3) is 5.91 Å². The highest BCUT2D eigenvalue weighted by Gasteiger charge is 2.27. The van der Waals surface area contributed by atoms with E-state index in [9.17, 15) is 9.90 Å². The molecule has 0 aromatic heterocycles. The highest BCUT2D eigenvalue weighted by Crippen LogP contribution is 2.22. The first-order valence-electron chi connectivity index (χ1n) is 9.00. The molecule has 1 saturated heterocycles. The van der Waals surface area contributed by atoms with Crippen LogP contribution in [0.3, 0.4) is 0 Å². The summed E-state index contributed by atoms with van der Waals surface area (Å²) < 4.78 is 15.6. The van der Waals surface area contributed by atoms with Crippen molar-refractivity contribution in [2.45, 2.75) is 45.1 Å². The third-order valence-corrected chi connectivity index (χ3v) is 4.39. The summed E-state index contributed by atoms with van der Waals surface area (Å²) in [6, 6.07) is 4.94. The van der Waals surface area contributed by atoms with E-state index in [-0.39, 0.29) is 18.0 Å². The van der Waals surface area contributed by atoms with Crippen molar-refractivity contribution in [2.24, 2.45) is 5.92 Å². The topological polar surface area (TPSA) is 89.1 Å². The number of aliphatic hydroxyl groups is 1. The van der Waals surface area contributed by atoms with Gasteiger partial charge < -0.3 is 30.0 Å². The van der Waals surface area contributed by atoms with E-state index in [1.807, 2.05) is 0 Å². The van der Waals surface area contributed by atoms with Gasteiger partial charge in [-0.2, -0.15) is 0 Å². The SMILES string of the molecule is COc1cc(OC)cc(C(=O)N[C@@H](CN[C@H]2CCOC2O)CC(C)C)c1. The van der Waals surface area contributed by atoms with Gasteiger partial charge in [0.1, 0.15) is 11.5 Å². The Labute approximate surface area is 155 Å². The molecule has 2 rings (SSSR count). The third kappa shape index (κ3) is 5.86. The fourth-order valence-electron chi connectivity index (χ4n) is 3.04. The maximum Gasteiger partial charge on any atom is 0.251 e. The summed E-state index contributed by atoms with van der Waals surface area (Å²) >= 11 is 0. The molecule has 1 aromatic carbocycles. The molecule has 1 fully saturated rings. The lowest BCUT2D eigenvalue weighted by atomic mass is 10.0. The van der Waals surface area contributed by atoms with E-state index in [2.05, 4.69) is 24.5 Å². The van der Waals surface area contributed by atoms with Crippen LogP contribution in [0.2, 0.25) is 0 Å². The number of aliphatic hydroxyl groups excluding tert-OH is 1. The molecule has 3 N–H and O–H groups in total. The van der Waals surface area contributed by atoms with Crippen molar-refractivity contribution in [1.82, 2.24) is 10.6 Å². The maximum atomic E-state index is 12.7. The van der Waals surface area contributed by atoms with Crippen LogP contribution in [0.4, 0.5) is 0 Å². The monoisotopic (exact) mass is 366 g/mol. The van der Waals surface area contributed by atoms with Crippen molar-refractivity contribution in [3.8, 4) is 11.5 Å². The number of benzene rings is 1. The number of carbonyl (C=O) groups excluding carboxylic acids is 1. The molecule has 1 heterocycles. The summed E-state index contributed by atoms with van der Waals surface area (Å²) in [5, 5.41) is 16.1. The molecule has 146 valence electrons. The van der Waals surface area contributed by atoms with Gasteiger partial charge in [-0.05, 0) is 30.9 Å². The van der Waals surface area contributed by atoms with E-state index in [1.165, 1.54) is 0 Å². The lowest BCUT2D eigenvalue weighted by Gasteiger charge is -2.24. The average Bonchev–Trinajstić information content (AvgIpc) is 3.03. The second kappa shape index (κ2) is 9.75. The number of rotatable bonds is 9. The van der Waals surface area contributed by atoms with Crippen LogP contribution in [-0.4, -0.2) is 56.8 Å². The maximum absolute atomic E-state index is 12.7. The molecular formula is C19H30N2O5. The molecule has 0 spiro atoms. The lowest BCUT2D eigenvalue weighted by Crippen LogP contribution is -2.47. The Kier molecular flexibility index (Phi) is 7.68. The molecule has 0 aliphatic carbocycles. The van der Waals surface area contributed by atoms with Crippen LogP contribution in [0.15, 0.2) is 18.2 Å². The molecule has 0 saturated carbocycles. The summed E-state index contributed by atoms with van der Waals surface area (Å²) in [4.78, 5) is 12.7. The molecule has 1 aliphatic heterocycles. The molecule has 1 aliphatic rings. The number of methoxy groups -OCH3 is 2. The van der Waals surface area contributed by atoms with E-state index in [1.54, 1.807) is 32.4 Å². The van der Waals surface area contributed by atoms with Gasteiger partial charge in [0.2, 0.25) is 0 Å². The van der Waals surface area contributed by atoms with Crippen LogP contribution in [0.25, 0.3) is 0 Å². The van der Waals surface area contributed by atoms with Gasteiger partial charge in [-0.15, -0.1) is 0 Å². The summed E-state index contributed by atoms with van der Waals surface area (Å²) in [7, 11) is 3.11. The summed E-state index contributed by atoms with van der Waals surface area (Å²) in [5.74, 6) is 1.38. The second-order valence-electron chi connectivity index (χ2n) is 6.97. The normalized spacial score (nSPS) is 20.8. The second-order valence-corrected chi connectivity index (χ2v) is 6.97. The van der Waals surface area contributed by atoms with Crippen molar-refractivity contribution >= 4 is 5.91 Å². The number of ether oxygens (including phenoxy) is 3. The molecule has 1 aromatic rings. The zero-order valence-corrected chi connectivity index (χ0v) is 16.0. The van der Waals surface area contributed by atoms with Crippen molar-refractivity contribution in [1.29, 1.82) is 0 Å². The van der Waals surface area contributed by atoms with Gasteiger partial charge in [-0.1, -0.05) is 13.8 Å². The number of hydrogen-bond donors (Lipinski definition) is 3. The molecule has 1 unspecified atom stereocenters. The number of hydrogen-bond acceptors (Lipinski definition) is 6. The van der Waals surface area contributed by atoms with Gasteiger partial charge in [0.15, 0.2) is 6.29 Å². The van der Waals surface area contributed by atoms with Crippen LogP contribution in [0.5, 0.6) is 11.5 Å². The zero-order chi connectivity index (χ0) is 19.1. The fourth-order valence-corrected chi connectivity index (χ4v) is 3.04. The van der Waals surface area contributed by atoms with Crippen LogP contribution in [0, 0.1) is 5.92 Å². The quantitative estimate of drug-likeness (QED) is 0.614. The first kappa shape index (κ1) is 20.5. The van der Waals surface area contributed by atoms with E-state index in [4.69, 9.17) is 14.2 Å². The molecule has 0 bridgehead atoms. The van der Waals surface area contributed by atoms with E-state index in [0.717, 1.165) is 12.8 Å². The minimum absolute atomic E-state index is 0.0625. The molecule has 3 atom stereocenters. The first-order valence-corrected chi connectivity index (χ1v) is 9.00. The summed E-state index contributed by atoms with van der Waals surface area (Å²) in [6.07, 6.45) is 0.799. The van der Waals surface area contributed by atoms with Crippen molar-refractivity contribution in [3.63, 3.8) is 0 Å². The van der Waals surface area contributed by atoms with Gasteiger partial charge in [0.05, 0.1) is 26.9 Å². The lowest BCUT2D eigenvalue weighted by molar-refractivity contribution is -0.0718. The Bertz CT molecular complexity index is 571. The van der Waals surface area contributed by atoms with Crippen molar-refractivity contribution < 1.29 is 24.1 Å². The average molecular weight is 366 g/mol. The predicted octanol–water partition coefficient (Wildman–Crippen LogP) is 1.55. The Morgan fingerprint density at radius 1 is 1.27 bits per heavy atom. The number of amides is 1. The first-order chi connectivity index (χ1) is 12.4. The molecule has 7 heteroatoms. The molecule has 0 radical (unpaired) electrons. The van der Waals surface area contributed by atoms with Gasteiger partial charge in [-0.3, -0.25) is 4.79 Å². The number of carbonyl (C=O) groups is 1. The van der Waals surface area contributed by atoms with E-state index < -0.39 is 6.29 Å². The van der Waals surface area contributed by atoms with Crippen LogP contribution < -0.4 is 20.1 Å². The molecule has 26 heavy (non-hydrogen) atoms. The third-order valence-electron chi connectivity index (χ3n) is 4.39. The summed E-state index contributed by atoms with van der Waals surface area (Å²) in [5.41, 5.74) is 0.485. The number of nitrogens with one attached hydrogen (secondary N) is 2. The smallest absolute Gasteiger partial charge is 0.251 e. The molecule has 1 amide bonds. The Morgan fingerprint density at radius 3 is 2.42 bits per heavy atom. The molecule has 7 nitrogen and oxygen atoms in total. The van der Waals surface area contributed by atoms with Crippen molar-refractivity contribution in [3.05, 3.63) is 23.8 Å². The van der Waals surface area contributed by atoms with Crippen LogP contribution in [-0.2, 0) is 4.74 Å².